The third kappa shape index (κ3) is 5.34. The van der Waals surface area contributed by atoms with Gasteiger partial charge in [-0.05, 0) is 34.6 Å². The van der Waals surface area contributed by atoms with E-state index < -0.39 is 0 Å². The fourth-order valence-corrected chi connectivity index (χ4v) is 2.54. The van der Waals surface area contributed by atoms with Crippen molar-refractivity contribution < 1.29 is 9.53 Å². The summed E-state index contributed by atoms with van der Waals surface area (Å²) in [5.74, 6) is 0.0387. The number of nitrogens with one attached hydrogen (secondary N) is 2. The van der Waals surface area contributed by atoms with Crippen LogP contribution >= 0.6 is 11.3 Å². The van der Waals surface area contributed by atoms with E-state index in [0.717, 1.165) is 0 Å². The molecule has 1 aromatic rings. The maximum Gasteiger partial charge on any atom is 0.265 e. The molecule has 0 radical (unpaired) electrons. The zero-order valence-electron chi connectivity index (χ0n) is 12.7. The lowest BCUT2D eigenvalue weighted by Crippen LogP contribution is -2.32. The Kier molecular flexibility index (Phi) is 5.76. The van der Waals surface area contributed by atoms with E-state index in [1.807, 2.05) is 34.6 Å². The van der Waals surface area contributed by atoms with E-state index in [1.54, 1.807) is 0 Å². The van der Waals surface area contributed by atoms with Gasteiger partial charge < -0.3 is 21.1 Å². The lowest BCUT2D eigenvalue weighted by molar-refractivity contribution is 0.0697. The molecule has 1 rings (SSSR count). The van der Waals surface area contributed by atoms with Crippen LogP contribution in [0.25, 0.3) is 0 Å². The molecule has 0 fully saturated rings. The van der Waals surface area contributed by atoms with Crippen LogP contribution < -0.4 is 16.4 Å². The number of anilines is 2. The normalized spacial score (nSPS) is 13.1. The number of hydrogen-bond acceptors (Lipinski definition) is 6. The van der Waals surface area contributed by atoms with E-state index in [0.29, 0.717) is 23.2 Å². The van der Waals surface area contributed by atoms with E-state index in [4.69, 9.17) is 10.5 Å². The Balaban J connectivity index is 2.64. The zero-order chi connectivity index (χ0) is 15.3. The third-order valence-electron chi connectivity index (χ3n) is 2.34. The van der Waals surface area contributed by atoms with E-state index in [2.05, 4.69) is 15.6 Å². The number of rotatable bonds is 6. The number of nitrogen functional groups attached to an aromatic ring is 1. The highest BCUT2D eigenvalue weighted by molar-refractivity contribution is 7.18. The van der Waals surface area contributed by atoms with Crippen LogP contribution in [0.1, 0.15) is 44.3 Å². The lowest BCUT2D eigenvalue weighted by Gasteiger charge is -2.19. The van der Waals surface area contributed by atoms with Crippen LogP contribution in [0.4, 0.5) is 10.9 Å². The molecule has 1 atom stereocenters. The van der Waals surface area contributed by atoms with E-state index in [9.17, 15) is 4.79 Å². The zero-order valence-corrected chi connectivity index (χ0v) is 13.6. The van der Waals surface area contributed by atoms with Gasteiger partial charge in [0.1, 0.15) is 10.7 Å². The predicted molar refractivity (Wildman–Crippen MR) is 83.3 cm³/mol. The molecule has 1 heterocycles. The van der Waals surface area contributed by atoms with Gasteiger partial charge in [0.15, 0.2) is 5.13 Å². The number of carbonyl (C=O) groups excluding carboxylic acids is 1. The van der Waals surface area contributed by atoms with Crippen molar-refractivity contribution in [3.63, 3.8) is 0 Å². The molecule has 0 aromatic carbocycles. The third-order valence-corrected chi connectivity index (χ3v) is 3.33. The van der Waals surface area contributed by atoms with Crippen molar-refractivity contribution in [2.75, 3.05) is 24.2 Å². The molecule has 0 bridgehead atoms. The summed E-state index contributed by atoms with van der Waals surface area (Å²) >= 11 is 1.26. The average molecular weight is 300 g/mol. The van der Waals surface area contributed by atoms with E-state index >= 15 is 0 Å². The molecule has 1 unspecified atom stereocenters. The van der Waals surface area contributed by atoms with Gasteiger partial charge in [0.05, 0.1) is 6.10 Å². The number of aromatic nitrogens is 1. The molecule has 0 aliphatic rings. The fourth-order valence-electron chi connectivity index (χ4n) is 1.53. The minimum absolute atomic E-state index is 0.0229. The van der Waals surface area contributed by atoms with Gasteiger partial charge in [0.25, 0.3) is 5.91 Å². The van der Waals surface area contributed by atoms with Gasteiger partial charge in [-0.1, -0.05) is 11.3 Å². The molecule has 114 valence electrons. The van der Waals surface area contributed by atoms with Crippen molar-refractivity contribution in [3.8, 4) is 0 Å². The summed E-state index contributed by atoms with van der Waals surface area (Å²) in [5.41, 5.74) is 5.67. The second kappa shape index (κ2) is 6.90. The van der Waals surface area contributed by atoms with Crippen LogP contribution in [-0.4, -0.2) is 35.7 Å². The molecule has 1 amide bonds. The van der Waals surface area contributed by atoms with Gasteiger partial charge >= 0.3 is 0 Å². The first-order valence-electron chi connectivity index (χ1n) is 6.67. The van der Waals surface area contributed by atoms with Crippen molar-refractivity contribution in [1.82, 2.24) is 10.3 Å². The van der Waals surface area contributed by atoms with Gasteiger partial charge in [0.2, 0.25) is 0 Å². The first kappa shape index (κ1) is 16.7. The Morgan fingerprint density at radius 1 is 1.50 bits per heavy atom. The number of carbonyl (C=O) groups is 1. The van der Waals surface area contributed by atoms with E-state index in [1.165, 1.54) is 11.3 Å². The summed E-state index contributed by atoms with van der Waals surface area (Å²) in [6.07, 6.45) is -0.0229. The van der Waals surface area contributed by atoms with Gasteiger partial charge in [-0.3, -0.25) is 4.79 Å². The Morgan fingerprint density at radius 3 is 2.70 bits per heavy atom. The second-order valence-electron chi connectivity index (χ2n) is 5.58. The number of amides is 1. The van der Waals surface area contributed by atoms with Crippen molar-refractivity contribution in [2.45, 2.75) is 46.3 Å². The summed E-state index contributed by atoms with van der Waals surface area (Å²) in [7, 11) is 0. The SMILES string of the molecule is CCOC(C)CNC(=O)c1sc(NC(C)(C)C)nc1N. The molecule has 7 heteroatoms. The Morgan fingerprint density at radius 2 is 2.15 bits per heavy atom. The fraction of sp³-hybridized carbons (Fsp3) is 0.692. The van der Waals surface area contributed by atoms with Gasteiger partial charge in [0, 0.05) is 18.7 Å². The molecular weight excluding hydrogens is 276 g/mol. The van der Waals surface area contributed by atoms with Gasteiger partial charge in [-0.15, -0.1) is 0 Å². The highest BCUT2D eigenvalue weighted by Gasteiger charge is 2.19. The molecule has 0 aliphatic carbocycles. The van der Waals surface area contributed by atoms with Crippen LogP contribution in [-0.2, 0) is 4.74 Å². The van der Waals surface area contributed by atoms with Crippen LogP contribution in [0.2, 0.25) is 0 Å². The van der Waals surface area contributed by atoms with E-state index in [-0.39, 0.29) is 23.4 Å². The number of ether oxygens (including phenoxy) is 1. The standard InChI is InChI=1S/C13H24N4O2S/c1-6-19-8(2)7-15-11(18)9-10(14)16-12(20-9)17-13(3,4)5/h8H,6-7,14H2,1-5H3,(H,15,18)(H,16,17). The smallest absolute Gasteiger partial charge is 0.265 e. The van der Waals surface area contributed by atoms with Crippen molar-refractivity contribution in [3.05, 3.63) is 4.88 Å². The molecule has 0 aliphatic heterocycles. The van der Waals surface area contributed by atoms with Crippen LogP contribution in [0.5, 0.6) is 0 Å². The molecule has 0 spiro atoms. The first-order valence-corrected chi connectivity index (χ1v) is 7.49. The highest BCUT2D eigenvalue weighted by Crippen LogP contribution is 2.27. The Labute approximate surface area is 124 Å². The Hall–Kier alpha value is -1.34. The highest BCUT2D eigenvalue weighted by atomic mass is 32.1. The van der Waals surface area contributed by atoms with Crippen molar-refractivity contribution in [1.29, 1.82) is 0 Å². The average Bonchev–Trinajstić information content (AvgIpc) is 2.65. The van der Waals surface area contributed by atoms with Crippen molar-refractivity contribution >= 4 is 28.2 Å². The summed E-state index contributed by atoms with van der Waals surface area (Å²) in [6.45, 7) is 11.0. The lowest BCUT2D eigenvalue weighted by atomic mass is 10.1. The maximum absolute atomic E-state index is 12.0. The Bertz CT molecular complexity index is 454. The summed E-state index contributed by atoms with van der Waals surface area (Å²) in [5, 5.41) is 6.66. The topological polar surface area (TPSA) is 89.3 Å². The molecule has 4 N–H and O–H groups in total. The van der Waals surface area contributed by atoms with Crippen LogP contribution in [0.15, 0.2) is 0 Å². The maximum atomic E-state index is 12.0. The monoisotopic (exact) mass is 300 g/mol. The quantitative estimate of drug-likeness (QED) is 0.748. The first-order chi connectivity index (χ1) is 9.23. The van der Waals surface area contributed by atoms with Gasteiger partial charge in [-0.25, -0.2) is 4.98 Å². The molecule has 1 aromatic heterocycles. The molecule has 6 nitrogen and oxygen atoms in total. The number of hydrogen-bond donors (Lipinski definition) is 3. The second-order valence-corrected chi connectivity index (χ2v) is 6.58. The minimum Gasteiger partial charge on any atom is -0.382 e. The number of thiazole rings is 1. The van der Waals surface area contributed by atoms with Crippen molar-refractivity contribution in [2.24, 2.45) is 0 Å². The number of nitrogens with two attached hydrogens (primary N) is 1. The predicted octanol–water partition coefficient (Wildman–Crippen LogP) is 2.09. The molecular formula is C13H24N4O2S. The largest absolute Gasteiger partial charge is 0.382 e. The van der Waals surface area contributed by atoms with Gasteiger partial charge in [-0.2, -0.15) is 0 Å². The number of nitrogens with zero attached hydrogens (tertiary/aromatic N) is 1. The molecule has 0 saturated heterocycles. The summed E-state index contributed by atoms with van der Waals surface area (Å²) < 4.78 is 5.36. The van der Waals surface area contributed by atoms with Crippen LogP contribution in [0, 0.1) is 0 Å². The minimum atomic E-state index is -0.214. The molecule has 20 heavy (non-hydrogen) atoms. The molecule has 0 saturated carbocycles. The van der Waals surface area contributed by atoms with Crippen LogP contribution in [0.3, 0.4) is 0 Å². The summed E-state index contributed by atoms with van der Waals surface area (Å²) in [6, 6.07) is 0. The summed E-state index contributed by atoms with van der Waals surface area (Å²) in [4.78, 5) is 16.7.